The fourth-order valence-corrected chi connectivity index (χ4v) is 3.00. The first kappa shape index (κ1) is 18.3. The van der Waals surface area contributed by atoms with Gasteiger partial charge in [0, 0.05) is 39.6 Å². The summed E-state index contributed by atoms with van der Waals surface area (Å²) in [4.78, 5) is 29.1. The van der Waals surface area contributed by atoms with Gasteiger partial charge in [0.2, 0.25) is 0 Å². The SMILES string of the molecule is Cc1nccc(C(=O)N2CCO[C@@H](CCc3ccnc(N(C)C)c3)C2)n1. The van der Waals surface area contributed by atoms with Gasteiger partial charge in [0.25, 0.3) is 5.91 Å². The average Bonchev–Trinajstić information content (AvgIpc) is 2.66. The van der Waals surface area contributed by atoms with E-state index in [1.54, 1.807) is 19.2 Å². The van der Waals surface area contributed by atoms with Crippen LogP contribution in [0.25, 0.3) is 0 Å². The molecule has 0 aromatic carbocycles. The van der Waals surface area contributed by atoms with Gasteiger partial charge in [-0.2, -0.15) is 0 Å². The molecule has 0 N–H and O–H groups in total. The monoisotopic (exact) mass is 355 g/mol. The third-order valence-corrected chi connectivity index (χ3v) is 4.44. The molecular weight excluding hydrogens is 330 g/mol. The topological polar surface area (TPSA) is 71.5 Å². The summed E-state index contributed by atoms with van der Waals surface area (Å²) in [5, 5.41) is 0. The Labute approximate surface area is 154 Å². The van der Waals surface area contributed by atoms with E-state index in [0.717, 1.165) is 18.7 Å². The van der Waals surface area contributed by atoms with E-state index in [4.69, 9.17) is 4.74 Å². The van der Waals surface area contributed by atoms with Crippen LogP contribution in [0.1, 0.15) is 28.3 Å². The highest BCUT2D eigenvalue weighted by atomic mass is 16.5. The van der Waals surface area contributed by atoms with Crippen LogP contribution in [0.2, 0.25) is 0 Å². The molecule has 1 aliphatic rings. The summed E-state index contributed by atoms with van der Waals surface area (Å²) in [7, 11) is 3.96. The maximum Gasteiger partial charge on any atom is 0.272 e. The molecule has 0 saturated carbocycles. The highest BCUT2D eigenvalue weighted by Crippen LogP contribution is 2.16. The zero-order valence-electron chi connectivity index (χ0n) is 15.6. The molecule has 1 fully saturated rings. The molecule has 1 aliphatic heterocycles. The van der Waals surface area contributed by atoms with Crippen LogP contribution in [0.4, 0.5) is 5.82 Å². The lowest BCUT2D eigenvalue weighted by Crippen LogP contribution is -2.46. The van der Waals surface area contributed by atoms with Crippen LogP contribution in [0, 0.1) is 6.92 Å². The van der Waals surface area contributed by atoms with E-state index in [0.29, 0.717) is 31.2 Å². The van der Waals surface area contributed by atoms with Crippen LogP contribution >= 0.6 is 0 Å². The zero-order valence-corrected chi connectivity index (χ0v) is 15.6. The first-order valence-corrected chi connectivity index (χ1v) is 8.85. The van der Waals surface area contributed by atoms with Crippen LogP contribution in [0.15, 0.2) is 30.6 Å². The Hall–Kier alpha value is -2.54. The number of aryl methyl sites for hydroxylation is 2. The summed E-state index contributed by atoms with van der Waals surface area (Å²) in [5.74, 6) is 1.50. The lowest BCUT2D eigenvalue weighted by molar-refractivity contribution is -0.0247. The molecule has 7 nitrogen and oxygen atoms in total. The molecule has 1 amide bonds. The number of hydrogen-bond acceptors (Lipinski definition) is 6. The molecule has 1 atom stereocenters. The van der Waals surface area contributed by atoms with Crippen molar-refractivity contribution in [3.8, 4) is 0 Å². The number of pyridine rings is 1. The van der Waals surface area contributed by atoms with E-state index in [-0.39, 0.29) is 12.0 Å². The Kier molecular flexibility index (Phi) is 5.78. The van der Waals surface area contributed by atoms with E-state index < -0.39 is 0 Å². The maximum atomic E-state index is 12.7. The molecule has 7 heteroatoms. The van der Waals surface area contributed by atoms with Crippen molar-refractivity contribution in [3.05, 3.63) is 47.7 Å². The normalized spacial score (nSPS) is 17.2. The molecule has 0 bridgehead atoms. The molecule has 3 rings (SSSR count). The Balaban J connectivity index is 1.58. The molecule has 2 aromatic heterocycles. The lowest BCUT2D eigenvalue weighted by Gasteiger charge is -2.33. The molecule has 138 valence electrons. The van der Waals surface area contributed by atoms with Crippen LogP contribution in [-0.4, -0.2) is 65.7 Å². The van der Waals surface area contributed by atoms with Gasteiger partial charge in [-0.25, -0.2) is 15.0 Å². The fraction of sp³-hybridized carbons (Fsp3) is 0.474. The first-order chi connectivity index (χ1) is 12.5. The van der Waals surface area contributed by atoms with Gasteiger partial charge < -0.3 is 14.5 Å². The van der Waals surface area contributed by atoms with Crippen molar-refractivity contribution in [2.45, 2.75) is 25.9 Å². The van der Waals surface area contributed by atoms with Crippen molar-refractivity contribution in [3.63, 3.8) is 0 Å². The predicted octanol–water partition coefficient (Wildman–Crippen LogP) is 1.72. The second kappa shape index (κ2) is 8.23. The molecular formula is C19H25N5O2. The number of ether oxygens (including phenoxy) is 1. The molecule has 1 saturated heterocycles. The Bertz CT molecular complexity index is 765. The standard InChI is InChI=1S/C19H25N5O2/c1-14-20-9-7-17(22-14)19(25)24-10-11-26-16(13-24)5-4-15-6-8-21-18(12-15)23(2)3/h6-9,12,16H,4-5,10-11,13H2,1-3H3/t16-/m0/s1. The van der Waals surface area contributed by atoms with Gasteiger partial charge in [0.05, 0.1) is 12.7 Å². The number of morpholine rings is 1. The van der Waals surface area contributed by atoms with Gasteiger partial charge in [-0.05, 0) is 43.5 Å². The van der Waals surface area contributed by atoms with Crippen molar-refractivity contribution >= 4 is 11.7 Å². The van der Waals surface area contributed by atoms with Crippen LogP contribution in [0.5, 0.6) is 0 Å². The highest BCUT2D eigenvalue weighted by molar-refractivity contribution is 5.92. The summed E-state index contributed by atoms with van der Waals surface area (Å²) in [5.41, 5.74) is 1.67. The smallest absolute Gasteiger partial charge is 0.272 e. The number of anilines is 1. The Morgan fingerprint density at radius 2 is 2.12 bits per heavy atom. The molecule has 0 aliphatic carbocycles. The molecule has 0 radical (unpaired) electrons. The number of nitrogens with zero attached hydrogens (tertiary/aromatic N) is 5. The summed E-state index contributed by atoms with van der Waals surface area (Å²) in [6.07, 6.45) is 5.25. The molecule has 26 heavy (non-hydrogen) atoms. The number of carbonyl (C=O) groups excluding carboxylic acids is 1. The van der Waals surface area contributed by atoms with Crippen LogP contribution in [-0.2, 0) is 11.2 Å². The van der Waals surface area contributed by atoms with E-state index in [1.165, 1.54) is 5.56 Å². The number of carbonyl (C=O) groups is 1. The molecule has 3 heterocycles. The van der Waals surface area contributed by atoms with E-state index in [9.17, 15) is 4.79 Å². The van der Waals surface area contributed by atoms with Crippen molar-refractivity contribution < 1.29 is 9.53 Å². The Morgan fingerprint density at radius 3 is 2.88 bits per heavy atom. The van der Waals surface area contributed by atoms with E-state index in [2.05, 4.69) is 21.0 Å². The number of aromatic nitrogens is 3. The largest absolute Gasteiger partial charge is 0.375 e. The summed E-state index contributed by atoms with van der Waals surface area (Å²) in [6.45, 7) is 3.53. The number of rotatable bonds is 5. The van der Waals surface area contributed by atoms with Crippen LogP contribution in [0.3, 0.4) is 0 Å². The van der Waals surface area contributed by atoms with Gasteiger partial charge in [-0.1, -0.05) is 0 Å². The van der Waals surface area contributed by atoms with Gasteiger partial charge >= 0.3 is 0 Å². The number of hydrogen-bond donors (Lipinski definition) is 0. The lowest BCUT2D eigenvalue weighted by atomic mass is 10.1. The molecule has 0 spiro atoms. The summed E-state index contributed by atoms with van der Waals surface area (Å²) >= 11 is 0. The van der Waals surface area contributed by atoms with Gasteiger partial charge in [0.1, 0.15) is 17.3 Å². The minimum absolute atomic E-state index is 0.0339. The first-order valence-electron chi connectivity index (χ1n) is 8.85. The number of amides is 1. The fourth-order valence-electron chi connectivity index (χ4n) is 3.00. The van der Waals surface area contributed by atoms with Gasteiger partial charge in [-0.15, -0.1) is 0 Å². The van der Waals surface area contributed by atoms with Crippen molar-refractivity contribution in [2.75, 3.05) is 38.7 Å². The van der Waals surface area contributed by atoms with Crippen molar-refractivity contribution in [2.24, 2.45) is 0 Å². The quantitative estimate of drug-likeness (QED) is 0.813. The van der Waals surface area contributed by atoms with Crippen molar-refractivity contribution in [1.29, 1.82) is 0 Å². The maximum absolute atomic E-state index is 12.7. The Morgan fingerprint density at radius 1 is 1.31 bits per heavy atom. The third kappa shape index (κ3) is 4.54. The van der Waals surface area contributed by atoms with Gasteiger partial charge in [0.15, 0.2) is 0 Å². The van der Waals surface area contributed by atoms with Crippen molar-refractivity contribution in [1.82, 2.24) is 19.9 Å². The van der Waals surface area contributed by atoms with Gasteiger partial charge in [-0.3, -0.25) is 4.79 Å². The highest BCUT2D eigenvalue weighted by Gasteiger charge is 2.25. The second-order valence-corrected chi connectivity index (χ2v) is 6.69. The summed E-state index contributed by atoms with van der Waals surface area (Å²) < 4.78 is 5.86. The summed E-state index contributed by atoms with van der Waals surface area (Å²) in [6, 6.07) is 5.79. The second-order valence-electron chi connectivity index (χ2n) is 6.69. The zero-order chi connectivity index (χ0) is 18.5. The van der Waals surface area contributed by atoms with E-state index >= 15 is 0 Å². The third-order valence-electron chi connectivity index (χ3n) is 4.44. The molecule has 0 unspecified atom stereocenters. The van der Waals surface area contributed by atoms with Crippen LogP contribution < -0.4 is 4.90 Å². The average molecular weight is 355 g/mol. The minimum Gasteiger partial charge on any atom is -0.375 e. The molecule has 2 aromatic rings. The predicted molar refractivity (Wildman–Crippen MR) is 99.3 cm³/mol. The minimum atomic E-state index is -0.0531. The van der Waals surface area contributed by atoms with E-state index in [1.807, 2.05) is 36.2 Å².